The summed E-state index contributed by atoms with van der Waals surface area (Å²) in [5.74, 6) is -0.259. The van der Waals surface area contributed by atoms with Crippen molar-refractivity contribution < 1.29 is 14.3 Å². The quantitative estimate of drug-likeness (QED) is 0.637. The molecule has 0 spiro atoms. The van der Waals surface area contributed by atoms with Crippen LogP contribution < -0.4 is 16.4 Å². The zero-order valence-electron chi connectivity index (χ0n) is 12.1. The maximum atomic E-state index is 12.6. The Morgan fingerprint density at radius 3 is 2.90 bits per heavy atom. The lowest BCUT2D eigenvalue weighted by Gasteiger charge is -2.60. The Labute approximate surface area is 118 Å². The van der Waals surface area contributed by atoms with Crippen molar-refractivity contribution in [1.82, 2.24) is 10.6 Å². The highest BCUT2D eigenvalue weighted by Gasteiger charge is 2.71. The Kier molecular flexibility index (Phi) is 3.06. The van der Waals surface area contributed by atoms with Crippen molar-refractivity contribution in [2.24, 2.45) is 17.1 Å². The third-order valence-corrected chi connectivity index (χ3v) is 5.42. The van der Waals surface area contributed by atoms with E-state index >= 15 is 0 Å². The maximum Gasteiger partial charge on any atom is 0.242 e. The number of piperidine rings is 1. The molecule has 112 valence electrons. The molecular formula is C14H23N3O3. The summed E-state index contributed by atoms with van der Waals surface area (Å²) in [6.45, 7) is 5.29. The zero-order valence-corrected chi connectivity index (χ0v) is 12.1. The van der Waals surface area contributed by atoms with Crippen LogP contribution in [-0.2, 0) is 14.3 Å². The summed E-state index contributed by atoms with van der Waals surface area (Å²) in [4.78, 5) is 24.4. The van der Waals surface area contributed by atoms with Crippen LogP contribution >= 0.6 is 0 Å². The lowest BCUT2D eigenvalue weighted by atomic mass is 9.48. The molecular weight excluding hydrogens is 258 g/mol. The summed E-state index contributed by atoms with van der Waals surface area (Å²) in [6.07, 6.45) is 2.43. The number of rotatable bonds is 2. The van der Waals surface area contributed by atoms with Gasteiger partial charge in [-0.1, -0.05) is 13.8 Å². The number of nitrogens with one attached hydrogen (secondary N) is 2. The van der Waals surface area contributed by atoms with Crippen molar-refractivity contribution in [3.8, 4) is 0 Å². The van der Waals surface area contributed by atoms with E-state index in [4.69, 9.17) is 10.5 Å². The minimum atomic E-state index is -0.939. The second-order valence-corrected chi connectivity index (χ2v) is 6.74. The van der Waals surface area contributed by atoms with Crippen LogP contribution in [0, 0.1) is 11.3 Å². The number of carbonyl (C=O) groups is 2. The molecule has 0 aromatic heterocycles. The van der Waals surface area contributed by atoms with Gasteiger partial charge in [0.2, 0.25) is 11.8 Å². The van der Waals surface area contributed by atoms with E-state index in [9.17, 15) is 9.59 Å². The topological polar surface area (TPSA) is 93.4 Å². The molecule has 2 saturated heterocycles. The molecule has 1 saturated carbocycles. The van der Waals surface area contributed by atoms with Crippen LogP contribution in [0.4, 0.5) is 0 Å². The molecule has 3 fully saturated rings. The monoisotopic (exact) mass is 281 g/mol. The third kappa shape index (κ3) is 1.64. The van der Waals surface area contributed by atoms with E-state index in [1.54, 1.807) is 0 Å². The molecule has 0 radical (unpaired) electrons. The molecule has 3 rings (SSSR count). The first kappa shape index (κ1) is 13.8. The lowest BCUT2D eigenvalue weighted by molar-refractivity contribution is -0.176. The molecule has 6 heteroatoms. The second-order valence-electron chi connectivity index (χ2n) is 6.74. The van der Waals surface area contributed by atoms with Crippen LogP contribution in [0.15, 0.2) is 0 Å². The minimum absolute atomic E-state index is 0.0541. The Balaban J connectivity index is 1.74. The molecule has 3 aliphatic rings. The fourth-order valence-electron chi connectivity index (χ4n) is 4.03. The van der Waals surface area contributed by atoms with E-state index in [0.717, 1.165) is 12.8 Å². The molecule has 2 aliphatic heterocycles. The summed E-state index contributed by atoms with van der Waals surface area (Å²) >= 11 is 0. The van der Waals surface area contributed by atoms with Gasteiger partial charge in [0, 0.05) is 24.5 Å². The Bertz CT molecular complexity index is 451. The fourth-order valence-corrected chi connectivity index (χ4v) is 4.03. The van der Waals surface area contributed by atoms with Gasteiger partial charge in [-0.05, 0) is 19.3 Å². The van der Waals surface area contributed by atoms with Crippen LogP contribution in [-0.4, -0.2) is 42.7 Å². The van der Waals surface area contributed by atoms with Crippen molar-refractivity contribution in [2.45, 2.75) is 50.8 Å². The summed E-state index contributed by atoms with van der Waals surface area (Å²) in [6, 6.07) is -0.450. The molecule has 2 heterocycles. The average Bonchev–Trinajstić information content (AvgIpc) is 2.88. The first-order chi connectivity index (χ1) is 9.39. The van der Waals surface area contributed by atoms with Gasteiger partial charge in [0.05, 0.1) is 6.10 Å². The summed E-state index contributed by atoms with van der Waals surface area (Å²) in [5.41, 5.74) is 5.11. The molecule has 20 heavy (non-hydrogen) atoms. The van der Waals surface area contributed by atoms with E-state index in [0.29, 0.717) is 19.6 Å². The van der Waals surface area contributed by atoms with E-state index in [-0.39, 0.29) is 23.8 Å². The Hall–Kier alpha value is -1.14. The predicted octanol–water partition coefficient (Wildman–Crippen LogP) is -0.476. The largest absolute Gasteiger partial charge is 0.377 e. The fraction of sp³-hybridized carbons (Fsp3) is 0.857. The molecule has 4 unspecified atom stereocenters. The highest BCUT2D eigenvalue weighted by Crippen LogP contribution is 2.58. The van der Waals surface area contributed by atoms with Crippen LogP contribution in [0.3, 0.4) is 0 Å². The van der Waals surface area contributed by atoms with Gasteiger partial charge in [-0.25, -0.2) is 0 Å². The smallest absolute Gasteiger partial charge is 0.242 e. The summed E-state index contributed by atoms with van der Waals surface area (Å²) in [7, 11) is 0. The Morgan fingerprint density at radius 2 is 2.20 bits per heavy atom. The van der Waals surface area contributed by atoms with Gasteiger partial charge in [-0.3, -0.25) is 9.59 Å². The second kappa shape index (κ2) is 4.43. The van der Waals surface area contributed by atoms with Gasteiger partial charge in [-0.15, -0.1) is 0 Å². The highest BCUT2D eigenvalue weighted by atomic mass is 16.5. The van der Waals surface area contributed by atoms with E-state index < -0.39 is 17.0 Å². The maximum absolute atomic E-state index is 12.6. The van der Waals surface area contributed by atoms with E-state index in [1.165, 1.54) is 0 Å². The molecule has 4 atom stereocenters. The number of hydrogen-bond donors (Lipinski definition) is 3. The highest BCUT2D eigenvalue weighted by molar-refractivity contribution is 5.94. The van der Waals surface area contributed by atoms with Crippen LogP contribution in [0.5, 0.6) is 0 Å². The molecule has 6 nitrogen and oxygen atoms in total. The van der Waals surface area contributed by atoms with Gasteiger partial charge in [0.15, 0.2) is 0 Å². The number of hydrogen-bond acceptors (Lipinski definition) is 4. The molecule has 1 aliphatic carbocycles. The lowest BCUT2D eigenvalue weighted by Crippen LogP contribution is -2.80. The first-order valence-corrected chi connectivity index (χ1v) is 7.38. The van der Waals surface area contributed by atoms with Gasteiger partial charge in [0.25, 0.3) is 0 Å². The number of carbonyl (C=O) groups excluding carboxylic acids is 2. The molecule has 0 aromatic carbocycles. The van der Waals surface area contributed by atoms with Crippen molar-refractivity contribution in [2.75, 3.05) is 13.2 Å². The molecule has 2 amide bonds. The van der Waals surface area contributed by atoms with Crippen LogP contribution in [0.1, 0.15) is 33.1 Å². The number of nitrogens with two attached hydrogens (primary N) is 1. The normalized spacial score (nSPS) is 42.4. The molecule has 0 bridgehead atoms. The van der Waals surface area contributed by atoms with Crippen molar-refractivity contribution in [3.05, 3.63) is 0 Å². The summed E-state index contributed by atoms with van der Waals surface area (Å²) < 4.78 is 5.68. The zero-order chi connectivity index (χ0) is 14.5. The van der Waals surface area contributed by atoms with Crippen molar-refractivity contribution >= 4 is 11.8 Å². The summed E-state index contributed by atoms with van der Waals surface area (Å²) in [5, 5.41) is 5.62. The minimum Gasteiger partial charge on any atom is -0.377 e. The van der Waals surface area contributed by atoms with Gasteiger partial charge < -0.3 is 21.1 Å². The standard InChI is InChI=1S/C14H23N3O3/c1-13(2)10-8(5-7-20-10)14(13,15)12(19)17-9-4-3-6-16-11(9)18/h8-10H,3-7,15H2,1-2H3,(H,16,18)(H,17,19). The van der Waals surface area contributed by atoms with E-state index in [2.05, 4.69) is 10.6 Å². The molecule has 0 aromatic rings. The van der Waals surface area contributed by atoms with Gasteiger partial charge in [-0.2, -0.15) is 0 Å². The van der Waals surface area contributed by atoms with Crippen LogP contribution in [0.2, 0.25) is 0 Å². The predicted molar refractivity (Wildman–Crippen MR) is 72.7 cm³/mol. The SMILES string of the molecule is CC1(C)C2OCCC2C1(N)C(=O)NC1CCCNC1=O. The average molecular weight is 281 g/mol. The van der Waals surface area contributed by atoms with Crippen LogP contribution in [0.25, 0.3) is 0 Å². The molecule has 4 N–H and O–H groups in total. The number of fused-ring (bicyclic) bond motifs is 1. The van der Waals surface area contributed by atoms with Gasteiger partial charge in [0.1, 0.15) is 11.6 Å². The Morgan fingerprint density at radius 1 is 1.45 bits per heavy atom. The number of amides is 2. The van der Waals surface area contributed by atoms with Gasteiger partial charge >= 0.3 is 0 Å². The first-order valence-electron chi connectivity index (χ1n) is 7.38. The van der Waals surface area contributed by atoms with Crippen molar-refractivity contribution in [1.29, 1.82) is 0 Å². The van der Waals surface area contributed by atoms with E-state index in [1.807, 2.05) is 13.8 Å². The third-order valence-electron chi connectivity index (χ3n) is 5.42. The number of ether oxygens (including phenoxy) is 1. The van der Waals surface area contributed by atoms with Crippen molar-refractivity contribution in [3.63, 3.8) is 0 Å².